The zero-order valence-electron chi connectivity index (χ0n) is 6.25. The molecule has 0 atom stereocenters. The molecule has 0 fully saturated rings. The molecule has 2 N–H and O–H groups in total. The molecule has 0 spiro atoms. The summed E-state index contributed by atoms with van der Waals surface area (Å²) in [5.74, 6) is -0.389. The third-order valence-electron chi connectivity index (χ3n) is 0.964. The largest absolute Gasteiger partial charge is 0.356 e. The van der Waals surface area contributed by atoms with Gasteiger partial charge in [-0.15, -0.1) is 5.14 Å². The van der Waals surface area contributed by atoms with E-state index in [2.05, 4.69) is 5.32 Å². The van der Waals surface area contributed by atoms with Crippen molar-refractivity contribution >= 4 is 15.9 Å². The molecule has 1 amide bonds. The van der Waals surface area contributed by atoms with Crippen LogP contribution in [-0.2, 0) is 14.8 Å². The zero-order valence-corrected chi connectivity index (χ0v) is 7.07. The van der Waals surface area contributed by atoms with E-state index in [1.54, 1.807) is 0 Å². The minimum atomic E-state index is -3.62. The Bertz CT molecular complexity index is 222. The van der Waals surface area contributed by atoms with Crippen LogP contribution < -0.4 is 10.5 Å². The van der Waals surface area contributed by atoms with Crippen LogP contribution in [0.25, 0.3) is 0 Å². The molecule has 0 aliphatic heterocycles. The Morgan fingerprint density at radius 3 is 2.45 bits per heavy atom. The number of amides is 1. The van der Waals surface area contributed by atoms with Gasteiger partial charge in [0, 0.05) is 13.5 Å². The number of sulfonamides is 1. The maximum atomic E-state index is 10.3. The Labute approximate surface area is 66.0 Å². The minimum absolute atomic E-state index is 0.188. The highest BCUT2D eigenvalue weighted by molar-refractivity contribution is 7.88. The van der Waals surface area contributed by atoms with Crippen LogP contribution >= 0.6 is 0 Å². The number of hydrogen-bond acceptors (Lipinski definition) is 3. The number of nitrogens with one attached hydrogen (secondary N) is 2. The predicted molar refractivity (Wildman–Crippen MR) is 40.2 cm³/mol. The quantitative estimate of drug-likeness (QED) is 0.569. The molecule has 65 valence electrons. The Kier molecular flexibility index (Phi) is 4.06. The second-order valence-electron chi connectivity index (χ2n) is 2.16. The summed E-state index contributed by atoms with van der Waals surface area (Å²) >= 11 is 0. The van der Waals surface area contributed by atoms with E-state index in [-0.39, 0.29) is 11.7 Å². The highest BCUT2D eigenvalue weighted by Gasteiger charge is 2.02. The number of carbonyl (C=O) groups is 1. The van der Waals surface area contributed by atoms with Gasteiger partial charge in [-0.05, 0) is 6.42 Å². The number of rotatable bonds is 4. The lowest BCUT2D eigenvalue weighted by atomic mass is 10.5. The molecule has 0 saturated heterocycles. The van der Waals surface area contributed by atoms with E-state index in [1.165, 1.54) is 6.92 Å². The van der Waals surface area contributed by atoms with Crippen molar-refractivity contribution in [2.45, 2.75) is 13.3 Å². The molecule has 0 aromatic heterocycles. The molecule has 0 saturated carbocycles. The van der Waals surface area contributed by atoms with Gasteiger partial charge in [0.05, 0.1) is 5.75 Å². The van der Waals surface area contributed by atoms with Crippen LogP contribution in [0.1, 0.15) is 13.3 Å². The van der Waals surface area contributed by atoms with Crippen molar-refractivity contribution in [1.82, 2.24) is 10.5 Å². The summed E-state index contributed by atoms with van der Waals surface area (Å²) < 4.78 is 20.5. The first kappa shape index (κ1) is 10.4. The lowest BCUT2D eigenvalue weighted by molar-refractivity contribution is -0.118. The first-order valence-electron chi connectivity index (χ1n) is 3.13. The van der Waals surface area contributed by atoms with Gasteiger partial charge in [0.25, 0.3) is 0 Å². The third kappa shape index (κ3) is 9.38. The van der Waals surface area contributed by atoms with E-state index >= 15 is 0 Å². The highest BCUT2D eigenvalue weighted by Crippen LogP contribution is 1.84. The summed E-state index contributed by atoms with van der Waals surface area (Å²) in [6.45, 7) is 1.67. The summed E-state index contributed by atoms with van der Waals surface area (Å²) in [6, 6.07) is 0. The van der Waals surface area contributed by atoms with Gasteiger partial charge in [-0.2, -0.15) is 0 Å². The average Bonchev–Trinajstić information content (AvgIpc) is 1.78. The van der Waals surface area contributed by atoms with Gasteiger partial charge in [-0.25, -0.2) is 8.42 Å². The standard InChI is InChI=1S/C5H11N2O3S/c1-5(8)7-3-2-4-11(6,9)10/h6H,2-4H2,1H3,(H,7,8). The predicted octanol–water partition coefficient (Wildman–Crippen LogP) is -0.875. The van der Waals surface area contributed by atoms with E-state index < -0.39 is 10.0 Å². The molecule has 1 radical (unpaired) electrons. The molecule has 11 heavy (non-hydrogen) atoms. The van der Waals surface area contributed by atoms with Crippen molar-refractivity contribution in [2.24, 2.45) is 0 Å². The van der Waals surface area contributed by atoms with Crippen LogP contribution in [0, 0.1) is 0 Å². The minimum Gasteiger partial charge on any atom is -0.356 e. The SMILES string of the molecule is CC(=O)NCCCS([NH])(=O)=O. The van der Waals surface area contributed by atoms with Gasteiger partial charge in [-0.3, -0.25) is 4.79 Å². The van der Waals surface area contributed by atoms with E-state index in [1.807, 2.05) is 0 Å². The van der Waals surface area contributed by atoms with Crippen molar-refractivity contribution in [3.05, 3.63) is 0 Å². The first-order chi connectivity index (χ1) is 4.92. The lowest BCUT2D eigenvalue weighted by Crippen LogP contribution is -2.23. The third-order valence-corrected chi connectivity index (χ3v) is 1.79. The van der Waals surface area contributed by atoms with Gasteiger partial charge >= 0.3 is 0 Å². The topological polar surface area (TPSA) is 87.0 Å². The summed E-state index contributed by atoms with van der Waals surface area (Å²) in [7, 11) is -3.62. The van der Waals surface area contributed by atoms with Gasteiger partial charge in [-0.1, -0.05) is 0 Å². The molecular formula is C5H11N2O3S. The van der Waals surface area contributed by atoms with E-state index in [9.17, 15) is 13.2 Å². The monoisotopic (exact) mass is 179 g/mol. The van der Waals surface area contributed by atoms with Crippen molar-refractivity contribution in [2.75, 3.05) is 12.3 Å². The Morgan fingerprint density at radius 1 is 1.55 bits per heavy atom. The molecular weight excluding hydrogens is 168 g/mol. The van der Waals surface area contributed by atoms with Gasteiger partial charge in [0.15, 0.2) is 0 Å². The molecule has 0 unspecified atom stereocenters. The van der Waals surface area contributed by atoms with Crippen LogP contribution in [0.3, 0.4) is 0 Å². The molecule has 0 aliphatic rings. The molecule has 6 heteroatoms. The van der Waals surface area contributed by atoms with E-state index in [0.717, 1.165) is 0 Å². The molecule has 0 rings (SSSR count). The van der Waals surface area contributed by atoms with Crippen LogP contribution in [-0.4, -0.2) is 26.6 Å². The Hall–Kier alpha value is -0.620. The summed E-state index contributed by atoms with van der Waals surface area (Å²) in [6.07, 6.45) is 0.297. The fourth-order valence-electron chi connectivity index (χ4n) is 0.527. The summed E-state index contributed by atoms with van der Waals surface area (Å²) in [5.41, 5.74) is 0. The van der Waals surface area contributed by atoms with E-state index in [0.29, 0.717) is 13.0 Å². The lowest BCUT2D eigenvalue weighted by Gasteiger charge is -1.98. The van der Waals surface area contributed by atoms with E-state index in [4.69, 9.17) is 5.14 Å². The maximum Gasteiger partial charge on any atom is 0.225 e. The second kappa shape index (κ2) is 4.30. The fraction of sp³-hybridized carbons (Fsp3) is 0.800. The van der Waals surface area contributed by atoms with Gasteiger partial charge in [0.2, 0.25) is 15.9 Å². The second-order valence-corrected chi connectivity index (χ2v) is 3.79. The van der Waals surface area contributed by atoms with Crippen LogP contribution in [0.4, 0.5) is 0 Å². The van der Waals surface area contributed by atoms with Crippen molar-refractivity contribution < 1.29 is 13.2 Å². The molecule has 0 aromatic carbocycles. The van der Waals surface area contributed by atoms with Gasteiger partial charge in [0.1, 0.15) is 0 Å². The molecule has 0 aliphatic carbocycles. The van der Waals surface area contributed by atoms with Crippen LogP contribution in [0.2, 0.25) is 0 Å². The zero-order chi connectivity index (χ0) is 8.91. The van der Waals surface area contributed by atoms with Crippen molar-refractivity contribution in [3.8, 4) is 0 Å². The Morgan fingerprint density at radius 2 is 2.09 bits per heavy atom. The Balaban J connectivity index is 3.37. The highest BCUT2D eigenvalue weighted by atomic mass is 32.2. The molecule has 5 nitrogen and oxygen atoms in total. The molecule has 0 bridgehead atoms. The molecule has 0 aromatic rings. The van der Waals surface area contributed by atoms with Crippen molar-refractivity contribution in [3.63, 3.8) is 0 Å². The van der Waals surface area contributed by atoms with Crippen molar-refractivity contribution in [1.29, 1.82) is 0 Å². The normalized spacial score (nSPS) is 11.1. The average molecular weight is 179 g/mol. The smallest absolute Gasteiger partial charge is 0.225 e. The summed E-state index contributed by atoms with van der Waals surface area (Å²) in [4.78, 5) is 10.3. The van der Waals surface area contributed by atoms with Crippen LogP contribution in [0.15, 0.2) is 0 Å². The number of carbonyl (C=O) groups excluding carboxylic acids is 1. The molecule has 0 heterocycles. The van der Waals surface area contributed by atoms with Crippen LogP contribution in [0.5, 0.6) is 0 Å². The number of hydrogen-bond donors (Lipinski definition) is 1. The first-order valence-corrected chi connectivity index (χ1v) is 4.79. The summed E-state index contributed by atoms with van der Waals surface area (Å²) in [5, 5.41) is 8.91. The fourth-order valence-corrected chi connectivity index (χ4v) is 1.05. The maximum absolute atomic E-state index is 10.3. The van der Waals surface area contributed by atoms with Gasteiger partial charge < -0.3 is 5.32 Å².